The van der Waals surface area contributed by atoms with Crippen LogP contribution in [0.15, 0.2) is 10.6 Å². The minimum absolute atomic E-state index is 0.0615. The molecule has 1 aromatic heterocycles. The van der Waals surface area contributed by atoms with Crippen LogP contribution >= 0.6 is 0 Å². The summed E-state index contributed by atoms with van der Waals surface area (Å²) in [6, 6.07) is 1.76. The minimum Gasteiger partial charge on any atom is -0.469 e. The van der Waals surface area contributed by atoms with E-state index in [9.17, 15) is 9.59 Å². The van der Waals surface area contributed by atoms with Crippen LogP contribution in [0.5, 0.6) is 0 Å². The second kappa shape index (κ2) is 7.02. The first-order valence-corrected chi connectivity index (χ1v) is 7.78. The van der Waals surface area contributed by atoms with Crippen LogP contribution in [-0.4, -0.2) is 47.9 Å². The van der Waals surface area contributed by atoms with E-state index in [0.29, 0.717) is 18.8 Å². The molecule has 7 heteroatoms. The van der Waals surface area contributed by atoms with Gasteiger partial charge < -0.3 is 18.9 Å². The number of nitrogens with zero attached hydrogens (tertiary/aromatic N) is 2. The molecule has 1 aromatic rings. The number of piperidine rings is 1. The number of likely N-dealkylation sites (tertiary alicyclic amines) is 1. The third kappa shape index (κ3) is 4.97. The van der Waals surface area contributed by atoms with Crippen LogP contribution in [-0.2, 0) is 20.7 Å². The fraction of sp³-hybridized carbons (Fsp3) is 0.688. The molecule has 1 fully saturated rings. The number of amides is 1. The molecule has 23 heavy (non-hydrogen) atoms. The van der Waals surface area contributed by atoms with Gasteiger partial charge in [0.1, 0.15) is 17.8 Å². The summed E-state index contributed by atoms with van der Waals surface area (Å²) in [5.41, 5.74) is 0.253. The third-order valence-corrected chi connectivity index (χ3v) is 3.61. The fourth-order valence-electron chi connectivity index (χ4n) is 2.53. The molecule has 1 amide bonds. The maximum absolute atomic E-state index is 12.2. The second-order valence-corrected chi connectivity index (χ2v) is 6.74. The van der Waals surface area contributed by atoms with E-state index in [-0.39, 0.29) is 24.4 Å². The number of hydrogen-bond acceptors (Lipinski definition) is 6. The lowest BCUT2D eigenvalue weighted by Crippen LogP contribution is -2.42. The Kier molecular flexibility index (Phi) is 5.28. The molecule has 2 heterocycles. The predicted molar refractivity (Wildman–Crippen MR) is 82.0 cm³/mol. The fourth-order valence-corrected chi connectivity index (χ4v) is 2.53. The Bertz CT molecular complexity index is 561. The highest BCUT2D eigenvalue weighted by Gasteiger charge is 2.30. The van der Waals surface area contributed by atoms with Gasteiger partial charge in [-0.2, -0.15) is 0 Å². The highest BCUT2D eigenvalue weighted by Crippen LogP contribution is 2.27. The summed E-state index contributed by atoms with van der Waals surface area (Å²) >= 11 is 0. The lowest BCUT2D eigenvalue weighted by atomic mass is 9.95. The minimum atomic E-state index is -0.508. The Balaban J connectivity index is 1.98. The first-order chi connectivity index (χ1) is 10.8. The second-order valence-electron chi connectivity index (χ2n) is 6.74. The van der Waals surface area contributed by atoms with Crippen LogP contribution in [0.3, 0.4) is 0 Å². The first-order valence-electron chi connectivity index (χ1n) is 7.78. The van der Waals surface area contributed by atoms with Crippen molar-refractivity contribution in [2.24, 2.45) is 0 Å². The smallest absolute Gasteiger partial charge is 0.410 e. The molecule has 1 aliphatic rings. The maximum Gasteiger partial charge on any atom is 0.410 e. The quantitative estimate of drug-likeness (QED) is 0.795. The zero-order chi connectivity index (χ0) is 17.0. The summed E-state index contributed by atoms with van der Waals surface area (Å²) in [5.74, 6) is 0.194. The van der Waals surface area contributed by atoms with Crippen LogP contribution in [0.25, 0.3) is 0 Å². The van der Waals surface area contributed by atoms with Crippen molar-refractivity contribution in [2.75, 3.05) is 20.2 Å². The largest absolute Gasteiger partial charge is 0.469 e. The summed E-state index contributed by atoms with van der Waals surface area (Å²) in [4.78, 5) is 25.1. The van der Waals surface area contributed by atoms with Crippen LogP contribution in [0.1, 0.15) is 51.0 Å². The van der Waals surface area contributed by atoms with Crippen LogP contribution in [0, 0.1) is 0 Å². The lowest BCUT2D eigenvalue weighted by molar-refractivity contribution is -0.140. The number of carbonyl (C=O) groups is 2. The van der Waals surface area contributed by atoms with E-state index in [1.54, 1.807) is 11.0 Å². The third-order valence-electron chi connectivity index (χ3n) is 3.61. The van der Waals surface area contributed by atoms with Gasteiger partial charge in [-0.15, -0.1) is 0 Å². The standard InChI is InChI=1S/C16H24N2O5/c1-16(2,3)22-15(20)18-7-5-6-11(10-18)13-8-12(23-17-13)9-14(19)21-4/h8,11H,5-7,9-10H2,1-4H3. The molecule has 0 aromatic carbocycles. The van der Waals surface area contributed by atoms with Crippen molar-refractivity contribution in [1.82, 2.24) is 10.1 Å². The Morgan fingerprint density at radius 1 is 1.43 bits per heavy atom. The molecule has 2 rings (SSSR count). The molecule has 0 spiro atoms. The zero-order valence-electron chi connectivity index (χ0n) is 14.1. The van der Waals surface area contributed by atoms with Gasteiger partial charge in [0.15, 0.2) is 0 Å². The summed E-state index contributed by atoms with van der Waals surface area (Å²) in [6.07, 6.45) is 1.55. The summed E-state index contributed by atoms with van der Waals surface area (Å²) in [5, 5.41) is 4.03. The molecule has 1 atom stereocenters. The molecule has 0 N–H and O–H groups in total. The first kappa shape index (κ1) is 17.3. The van der Waals surface area contributed by atoms with Crippen molar-refractivity contribution in [3.8, 4) is 0 Å². The number of esters is 1. The van der Waals surface area contributed by atoms with Gasteiger partial charge in [-0.25, -0.2) is 4.79 Å². The number of aromatic nitrogens is 1. The molecule has 1 saturated heterocycles. The van der Waals surface area contributed by atoms with Gasteiger partial charge in [0, 0.05) is 25.1 Å². The van der Waals surface area contributed by atoms with Gasteiger partial charge in [-0.3, -0.25) is 4.79 Å². The molecule has 0 aliphatic carbocycles. The molecular weight excluding hydrogens is 300 g/mol. The molecule has 1 aliphatic heterocycles. The lowest BCUT2D eigenvalue weighted by Gasteiger charge is -2.33. The predicted octanol–water partition coefficient (Wildman–Crippen LogP) is 2.50. The van der Waals surface area contributed by atoms with Crippen molar-refractivity contribution in [2.45, 2.75) is 51.6 Å². The Morgan fingerprint density at radius 2 is 2.17 bits per heavy atom. The number of hydrogen-bond donors (Lipinski definition) is 0. The van der Waals surface area contributed by atoms with Crippen molar-refractivity contribution in [3.63, 3.8) is 0 Å². The normalized spacial score (nSPS) is 18.6. The number of ether oxygens (including phenoxy) is 2. The van der Waals surface area contributed by atoms with E-state index >= 15 is 0 Å². The Labute approximate surface area is 135 Å². The topological polar surface area (TPSA) is 81.9 Å². The van der Waals surface area contributed by atoms with Crippen molar-refractivity contribution in [3.05, 3.63) is 17.5 Å². The zero-order valence-corrected chi connectivity index (χ0v) is 14.1. The van der Waals surface area contributed by atoms with E-state index in [4.69, 9.17) is 9.26 Å². The Morgan fingerprint density at radius 3 is 2.83 bits per heavy atom. The van der Waals surface area contributed by atoms with Crippen molar-refractivity contribution >= 4 is 12.1 Å². The molecular formula is C16H24N2O5. The summed E-state index contributed by atoms with van der Waals surface area (Å²) in [6.45, 7) is 6.77. The maximum atomic E-state index is 12.2. The number of carbonyl (C=O) groups excluding carboxylic acids is 2. The van der Waals surface area contributed by atoms with E-state index in [1.165, 1.54) is 7.11 Å². The molecule has 128 valence electrons. The van der Waals surface area contributed by atoms with Gasteiger partial charge >= 0.3 is 12.1 Å². The van der Waals surface area contributed by atoms with Crippen LogP contribution in [0.4, 0.5) is 4.79 Å². The van der Waals surface area contributed by atoms with Crippen LogP contribution < -0.4 is 0 Å². The van der Waals surface area contributed by atoms with Gasteiger partial charge in [-0.1, -0.05) is 5.16 Å². The molecule has 7 nitrogen and oxygen atoms in total. The Hall–Kier alpha value is -2.05. The highest BCUT2D eigenvalue weighted by molar-refractivity contribution is 5.71. The summed E-state index contributed by atoms with van der Waals surface area (Å²) in [7, 11) is 1.33. The van der Waals surface area contributed by atoms with E-state index < -0.39 is 5.60 Å². The van der Waals surface area contributed by atoms with Gasteiger partial charge in [0.05, 0.1) is 12.8 Å². The molecule has 0 saturated carbocycles. The number of methoxy groups -OCH3 is 1. The monoisotopic (exact) mass is 324 g/mol. The van der Waals surface area contributed by atoms with Gasteiger partial charge in [0.2, 0.25) is 0 Å². The van der Waals surface area contributed by atoms with E-state index in [1.807, 2.05) is 20.8 Å². The summed E-state index contributed by atoms with van der Waals surface area (Å²) < 4.78 is 15.2. The van der Waals surface area contributed by atoms with Gasteiger partial charge in [-0.05, 0) is 33.6 Å². The van der Waals surface area contributed by atoms with Crippen molar-refractivity contribution in [1.29, 1.82) is 0 Å². The average Bonchev–Trinajstić information content (AvgIpc) is 2.94. The number of rotatable bonds is 3. The van der Waals surface area contributed by atoms with Gasteiger partial charge in [0.25, 0.3) is 0 Å². The molecule has 1 unspecified atom stereocenters. The molecule has 0 radical (unpaired) electrons. The molecule has 0 bridgehead atoms. The SMILES string of the molecule is COC(=O)Cc1cc(C2CCCN(C(=O)OC(C)(C)C)C2)no1. The van der Waals surface area contributed by atoms with Crippen molar-refractivity contribution < 1.29 is 23.6 Å². The van der Waals surface area contributed by atoms with Crippen LogP contribution in [0.2, 0.25) is 0 Å². The van der Waals surface area contributed by atoms with E-state index in [2.05, 4.69) is 9.89 Å². The highest BCUT2D eigenvalue weighted by atomic mass is 16.6. The average molecular weight is 324 g/mol. The van der Waals surface area contributed by atoms with E-state index in [0.717, 1.165) is 18.5 Å².